The van der Waals surface area contributed by atoms with Gasteiger partial charge in [-0.1, -0.05) is 6.58 Å². The molecular formula is C11H14NO4P. The van der Waals surface area contributed by atoms with Crippen LogP contribution in [0.3, 0.4) is 0 Å². The molecule has 0 fully saturated rings. The summed E-state index contributed by atoms with van der Waals surface area (Å²) in [6, 6.07) is 5.89. The molecule has 1 aromatic rings. The molecule has 0 aliphatic carbocycles. The second-order valence-electron chi connectivity index (χ2n) is 3.19. The van der Waals surface area contributed by atoms with Crippen LogP contribution in [0.5, 0.6) is 0 Å². The molecule has 1 atom stereocenters. The van der Waals surface area contributed by atoms with Gasteiger partial charge in [0.25, 0.3) is 0 Å². The molecule has 17 heavy (non-hydrogen) atoms. The molecule has 0 heterocycles. The van der Waals surface area contributed by atoms with Crippen LogP contribution in [0.1, 0.15) is 17.3 Å². The third kappa shape index (κ3) is 3.73. The van der Waals surface area contributed by atoms with E-state index in [1.54, 1.807) is 6.92 Å². The highest BCUT2D eigenvalue weighted by Gasteiger charge is 2.17. The average Bonchev–Trinajstić information content (AvgIpc) is 2.30. The van der Waals surface area contributed by atoms with Gasteiger partial charge in [-0.15, -0.1) is 0 Å². The first-order valence-corrected chi connectivity index (χ1v) is 6.69. The van der Waals surface area contributed by atoms with Crippen molar-refractivity contribution in [2.24, 2.45) is 0 Å². The number of hydrogen-bond donors (Lipinski definition) is 2. The number of hydrogen-bond acceptors (Lipinski definition) is 3. The van der Waals surface area contributed by atoms with Crippen LogP contribution in [-0.4, -0.2) is 17.7 Å². The zero-order chi connectivity index (χ0) is 12.9. The minimum Gasteiger partial charge on any atom is -0.478 e. The molecule has 0 amide bonds. The Hall–Kier alpha value is -1.58. The van der Waals surface area contributed by atoms with Crippen LogP contribution in [-0.2, 0) is 9.09 Å². The number of carbonyl (C=O) groups is 1. The molecule has 6 heteroatoms. The summed E-state index contributed by atoms with van der Waals surface area (Å²) in [7, 11) is -3.09. The largest absolute Gasteiger partial charge is 0.478 e. The van der Waals surface area contributed by atoms with Crippen LogP contribution in [0.25, 0.3) is 0 Å². The summed E-state index contributed by atoms with van der Waals surface area (Å²) in [5, 5.41) is 11.4. The van der Waals surface area contributed by atoms with Gasteiger partial charge in [-0.25, -0.2) is 4.79 Å². The van der Waals surface area contributed by atoms with Gasteiger partial charge in [0.1, 0.15) is 0 Å². The average molecular weight is 255 g/mol. The van der Waals surface area contributed by atoms with Gasteiger partial charge in [0.05, 0.1) is 12.2 Å². The van der Waals surface area contributed by atoms with Gasteiger partial charge in [-0.05, 0) is 31.2 Å². The fourth-order valence-electron chi connectivity index (χ4n) is 1.19. The van der Waals surface area contributed by atoms with E-state index >= 15 is 0 Å². The second kappa shape index (κ2) is 5.66. The minimum atomic E-state index is -3.09. The maximum Gasteiger partial charge on any atom is 0.335 e. The van der Waals surface area contributed by atoms with Crippen LogP contribution < -0.4 is 5.09 Å². The van der Waals surface area contributed by atoms with E-state index in [0.29, 0.717) is 12.3 Å². The monoisotopic (exact) mass is 255 g/mol. The number of carboxylic acids is 1. The first-order valence-electron chi connectivity index (χ1n) is 5.00. The topological polar surface area (TPSA) is 75.6 Å². The van der Waals surface area contributed by atoms with Crippen molar-refractivity contribution >= 4 is 19.2 Å². The maximum absolute atomic E-state index is 12.0. The molecule has 1 aromatic carbocycles. The summed E-state index contributed by atoms with van der Waals surface area (Å²) in [6.07, 6.45) is 0. The first kappa shape index (κ1) is 13.5. The molecular weight excluding hydrogens is 241 g/mol. The van der Waals surface area contributed by atoms with E-state index in [4.69, 9.17) is 9.63 Å². The van der Waals surface area contributed by atoms with Crippen molar-refractivity contribution in [3.8, 4) is 0 Å². The Morgan fingerprint density at radius 3 is 2.53 bits per heavy atom. The van der Waals surface area contributed by atoms with Crippen LogP contribution in [0, 0.1) is 0 Å². The Balaban J connectivity index is 2.84. The molecule has 5 nitrogen and oxygen atoms in total. The van der Waals surface area contributed by atoms with Crippen molar-refractivity contribution in [2.75, 3.05) is 11.7 Å². The highest BCUT2D eigenvalue weighted by atomic mass is 31.2. The van der Waals surface area contributed by atoms with E-state index in [2.05, 4.69) is 11.7 Å². The van der Waals surface area contributed by atoms with Gasteiger partial charge >= 0.3 is 13.5 Å². The molecule has 1 unspecified atom stereocenters. The molecule has 2 N–H and O–H groups in total. The third-order valence-electron chi connectivity index (χ3n) is 1.98. The van der Waals surface area contributed by atoms with Gasteiger partial charge < -0.3 is 14.7 Å². The Morgan fingerprint density at radius 2 is 2.12 bits per heavy atom. The van der Waals surface area contributed by atoms with Crippen molar-refractivity contribution in [3.63, 3.8) is 0 Å². The van der Waals surface area contributed by atoms with Crippen LogP contribution in [0.15, 0.2) is 36.7 Å². The molecule has 1 rings (SSSR count). The number of carboxylic acid groups (broad SMARTS) is 1. The summed E-state index contributed by atoms with van der Waals surface area (Å²) < 4.78 is 17.1. The van der Waals surface area contributed by atoms with Gasteiger partial charge in [0.2, 0.25) is 0 Å². The summed E-state index contributed by atoms with van der Waals surface area (Å²) >= 11 is 0. The number of rotatable bonds is 6. The predicted molar refractivity (Wildman–Crippen MR) is 66.5 cm³/mol. The molecule has 92 valence electrons. The summed E-state index contributed by atoms with van der Waals surface area (Å²) in [5.41, 5.74) is 0.687. The fourth-order valence-corrected chi connectivity index (χ4v) is 2.34. The zero-order valence-corrected chi connectivity index (χ0v) is 10.3. The number of aromatic carboxylic acids is 1. The minimum absolute atomic E-state index is 0.167. The van der Waals surface area contributed by atoms with Crippen molar-refractivity contribution in [1.29, 1.82) is 0 Å². The Labute approximate surface area is 99.6 Å². The van der Waals surface area contributed by atoms with E-state index in [1.807, 2.05) is 0 Å². The second-order valence-corrected chi connectivity index (χ2v) is 5.23. The highest BCUT2D eigenvalue weighted by Crippen LogP contribution is 2.47. The standard InChI is InChI=1S/C11H14NO4P/c1-3-16-17(15,4-2)12-10-7-5-9(6-8-10)11(13)14/h4-8H,2-3H2,1H3,(H,12,15)(H,13,14). The Bertz CT molecular complexity index is 455. The van der Waals surface area contributed by atoms with Crippen LogP contribution in [0.4, 0.5) is 5.69 Å². The normalized spacial score (nSPS) is 13.7. The smallest absolute Gasteiger partial charge is 0.335 e. The van der Waals surface area contributed by atoms with Crippen LogP contribution in [0.2, 0.25) is 0 Å². The fraction of sp³-hybridized carbons (Fsp3) is 0.182. The third-order valence-corrected chi connectivity index (χ3v) is 3.67. The summed E-state index contributed by atoms with van der Waals surface area (Å²) in [4.78, 5) is 10.6. The first-order chi connectivity index (χ1) is 8.00. The van der Waals surface area contributed by atoms with Gasteiger partial charge in [0.15, 0.2) is 0 Å². The quantitative estimate of drug-likeness (QED) is 0.763. The van der Waals surface area contributed by atoms with Crippen molar-refractivity contribution < 1.29 is 19.0 Å². The lowest BCUT2D eigenvalue weighted by molar-refractivity contribution is 0.0697. The van der Waals surface area contributed by atoms with E-state index in [-0.39, 0.29) is 5.56 Å². The van der Waals surface area contributed by atoms with E-state index in [9.17, 15) is 9.36 Å². The molecule has 0 bridgehead atoms. The lowest BCUT2D eigenvalue weighted by atomic mass is 10.2. The van der Waals surface area contributed by atoms with E-state index < -0.39 is 13.5 Å². The van der Waals surface area contributed by atoms with Gasteiger partial charge in [-0.3, -0.25) is 4.57 Å². The van der Waals surface area contributed by atoms with Gasteiger partial charge in [-0.2, -0.15) is 0 Å². The number of anilines is 1. The van der Waals surface area contributed by atoms with Crippen LogP contribution >= 0.6 is 7.52 Å². The predicted octanol–water partition coefficient (Wildman–Crippen LogP) is 3.17. The molecule has 0 aliphatic heterocycles. The summed E-state index contributed by atoms with van der Waals surface area (Å²) in [5.74, 6) is 0.218. The van der Waals surface area contributed by atoms with Crippen molar-refractivity contribution in [3.05, 3.63) is 42.2 Å². The molecule has 0 radical (unpaired) electrons. The molecule has 0 saturated heterocycles. The SMILES string of the molecule is C=CP(=O)(Nc1ccc(C(=O)O)cc1)OCC. The zero-order valence-electron chi connectivity index (χ0n) is 9.42. The molecule has 0 saturated carbocycles. The number of nitrogens with one attached hydrogen (secondary N) is 1. The number of benzene rings is 1. The van der Waals surface area contributed by atoms with Gasteiger partial charge in [0, 0.05) is 11.5 Å². The van der Waals surface area contributed by atoms with E-state index in [1.165, 1.54) is 30.1 Å². The van der Waals surface area contributed by atoms with E-state index in [0.717, 1.165) is 0 Å². The summed E-state index contributed by atoms with van der Waals surface area (Å²) in [6.45, 7) is 5.47. The highest BCUT2D eigenvalue weighted by molar-refractivity contribution is 7.63. The van der Waals surface area contributed by atoms with Crippen molar-refractivity contribution in [2.45, 2.75) is 6.92 Å². The maximum atomic E-state index is 12.0. The lowest BCUT2D eigenvalue weighted by Crippen LogP contribution is -2.00. The Morgan fingerprint density at radius 1 is 1.53 bits per heavy atom. The molecule has 0 aromatic heterocycles. The molecule has 0 spiro atoms. The lowest BCUT2D eigenvalue weighted by Gasteiger charge is -2.15. The molecule has 0 aliphatic rings. The van der Waals surface area contributed by atoms with Crippen molar-refractivity contribution in [1.82, 2.24) is 0 Å². The Kier molecular flexibility index (Phi) is 4.49.